The largest absolute Gasteiger partial charge is 0.490 e. The third-order valence-electron chi connectivity index (χ3n) is 2.73. The highest BCUT2D eigenvalue weighted by Gasteiger charge is 2.38. The molecule has 0 saturated carbocycles. The molecule has 0 heterocycles. The van der Waals surface area contributed by atoms with Crippen molar-refractivity contribution in [3.8, 4) is 11.5 Å². The van der Waals surface area contributed by atoms with E-state index in [0.717, 1.165) is 12.8 Å². The van der Waals surface area contributed by atoms with Gasteiger partial charge < -0.3 is 15.2 Å². The van der Waals surface area contributed by atoms with Crippen LogP contribution in [-0.2, 0) is 0 Å². The van der Waals surface area contributed by atoms with Crippen LogP contribution < -0.4 is 15.2 Å². The van der Waals surface area contributed by atoms with Gasteiger partial charge in [0.2, 0.25) is 0 Å². The van der Waals surface area contributed by atoms with Crippen molar-refractivity contribution in [2.75, 3.05) is 13.2 Å². The third kappa shape index (κ3) is 4.59. The van der Waals surface area contributed by atoms with E-state index in [4.69, 9.17) is 15.2 Å². The normalized spacial score (nSPS) is 13.1. The molecule has 0 aliphatic heterocycles. The van der Waals surface area contributed by atoms with Gasteiger partial charge in [0.15, 0.2) is 11.5 Å². The van der Waals surface area contributed by atoms with Gasteiger partial charge in [-0.3, -0.25) is 0 Å². The quantitative estimate of drug-likeness (QED) is 0.777. The minimum absolute atomic E-state index is 0.0382. The van der Waals surface area contributed by atoms with Gasteiger partial charge in [-0.05, 0) is 31.0 Å². The molecule has 0 aliphatic rings. The van der Waals surface area contributed by atoms with Gasteiger partial charge in [0.25, 0.3) is 0 Å². The van der Waals surface area contributed by atoms with Crippen LogP contribution in [0.25, 0.3) is 0 Å². The number of rotatable bonds is 7. The van der Waals surface area contributed by atoms with Crippen molar-refractivity contribution >= 4 is 0 Å². The van der Waals surface area contributed by atoms with Crippen LogP contribution in [0.2, 0.25) is 0 Å². The van der Waals surface area contributed by atoms with Crippen molar-refractivity contribution in [3.05, 3.63) is 23.8 Å². The molecule has 1 aromatic carbocycles. The lowest BCUT2D eigenvalue weighted by molar-refractivity contribution is -0.149. The summed E-state index contributed by atoms with van der Waals surface area (Å²) < 4.78 is 48.6. The monoisotopic (exact) mass is 291 g/mol. The molecule has 114 valence electrons. The summed E-state index contributed by atoms with van der Waals surface area (Å²) in [6, 6.07) is 2.07. The average Bonchev–Trinajstić information content (AvgIpc) is 2.39. The Morgan fingerprint density at radius 2 is 1.85 bits per heavy atom. The minimum atomic E-state index is -4.48. The van der Waals surface area contributed by atoms with Gasteiger partial charge in [0, 0.05) is 0 Å². The molecule has 0 aromatic heterocycles. The van der Waals surface area contributed by atoms with E-state index in [2.05, 4.69) is 0 Å². The predicted molar refractivity (Wildman–Crippen MR) is 71.0 cm³/mol. The van der Waals surface area contributed by atoms with E-state index in [1.807, 2.05) is 6.92 Å². The second-order valence-electron chi connectivity index (χ2n) is 4.36. The van der Waals surface area contributed by atoms with Crippen LogP contribution in [0.15, 0.2) is 18.2 Å². The van der Waals surface area contributed by atoms with Crippen molar-refractivity contribution in [3.63, 3.8) is 0 Å². The van der Waals surface area contributed by atoms with Gasteiger partial charge in [-0.15, -0.1) is 0 Å². The predicted octanol–water partition coefficient (Wildman–Crippen LogP) is 3.83. The highest BCUT2D eigenvalue weighted by molar-refractivity contribution is 5.44. The zero-order valence-electron chi connectivity index (χ0n) is 11.7. The molecule has 20 heavy (non-hydrogen) atoms. The summed E-state index contributed by atoms with van der Waals surface area (Å²) >= 11 is 0. The van der Waals surface area contributed by atoms with Crippen LogP contribution in [0.3, 0.4) is 0 Å². The van der Waals surface area contributed by atoms with E-state index in [0.29, 0.717) is 24.7 Å². The number of nitrogens with two attached hydrogens (primary N) is 1. The minimum Gasteiger partial charge on any atom is -0.490 e. The van der Waals surface area contributed by atoms with Gasteiger partial charge in [0.1, 0.15) is 6.04 Å². The first-order valence-corrected chi connectivity index (χ1v) is 6.62. The van der Waals surface area contributed by atoms with Crippen molar-refractivity contribution in [2.45, 2.75) is 38.9 Å². The molecule has 2 N–H and O–H groups in total. The maximum atomic E-state index is 12.6. The molecule has 1 aromatic rings. The fraction of sp³-hybridized carbons (Fsp3) is 0.571. The van der Waals surface area contributed by atoms with Crippen LogP contribution >= 0.6 is 0 Å². The molecule has 3 nitrogen and oxygen atoms in total. The van der Waals surface area contributed by atoms with Gasteiger partial charge in [-0.1, -0.05) is 19.4 Å². The number of hydrogen-bond acceptors (Lipinski definition) is 3. The van der Waals surface area contributed by atoms with Crippen molar-refractivity contribution in [1.82, 2.24) is 0 Å². The van der Waals surface area contributed by atoms with E-state index in [9.17, 15) is 13.2 Å². The lowest BCUT2D eigenvalue weighted by Gasteiger charge is -2.18. The first kappa shape index (κ1) is 16.6. The number of alkyl halides is 3. The summed E-state index contributed by atoms with van der Waals surface area (Å²) in [5.41, 5.74) is 5.15. The molecule has 0 saturated heterocycles. The zero-order chi connectivity index (χ0) is 15.2. The van der Waals surface area contributed by atoms with Crippen LogP contribution in [0, 0.1) is 0 Å². The summed E-state index contributed by atoms with van der Waals surface area (Å²) in [5.74, 6) is 0.735. The van der Waals surface area contributed by atoms with Gasteiger partial charge in [-0.25, -0.2) is 0 Å². The van der Waals surface area contributed by atoms with Crippen LogP contribution in [0.1, 0.15) is 38.3 Å². The number of ether oxygens (including phenoxy) is 2. The van der Waals surface area contributed by atoms with Crippen molar-refractivity contribution in [1.29, 1.82) is 0 Å². The molecular weight excluding hydrogens is 271 g/mol. The van der Waals surface area contributed by atoms with E-state index < -0.39 is 12.2 Å². The zero-order valence-corrected chi connectivity index (χ0v) is 11.7. The second-order valence-corrected chi connectivity index (χ2v) is 4.36. The molecule has 1 atom stereocenters. The molecule has 0 spiro atoms. The maximum Gasteiger partial charge on any atom is 0.407 e. The van der Waals surface area contributed by atoms with E-state index >= 15 is 0 Å². The molecule has 0 bridgehead atoms. The maximum absolute atomic E-state index is 12.6. The lowest BCUT2D eigenvalue weighted by atomic mass is 10.1. The SMILES string of the molecule is CCCCOc1ccc([C@@H](N)C(F)(F)F)cc1OCC. The van der Waals surface area contributed by atoms with E-state index in [1.165, 1.54) is 18.2 Å². The second kappa shape index (κ2) is 7.38. The number of hydrogen-bond donors (Lipinski definition) is 1. The molecule has 1 rings (SSSR count). The summed E-state index contributed by atoms with van der Waals surface area (Å²) in [6.45, 7) is 4.63. The average molecular weight is 291 g/mol. The molecule has 0 unspecified atom stereocenters. The Morgan fingerprint density at radius 3 is 2.40 bits per heavy atom. The molecule has 0 amide bonds. The Labute approximate surface area is 116 Å². The fourth-order valence-corrected chi connectivity index (χ4v) is 1.62. The summed E-state index contributed by atoms with van der Waals surface area (Å²) in [6.07, 6.45) is -2.63. The Kier molecular flexibility index (Phi) is 6.13. The van der Waals surface area contributed by atoms with Crippen LogP contribution in [0.5, 0.6) is 11.5 Å². The molecule has 0 radical (unpaired) electrons. The number of benzene rings is 1. The molecule has 0 aliphatic carbocycles. The topological polar surface area (TPSA) is 44.5 Å². The van der Waals surface area contributed by atoms with Crippen LogP contribution in [-0.4, -0.2) is 19.4 Å². The highest BCUT2D eigenvalue weighted by atomic mass is 19.4. The van der Waals surface area contributed by atoms with E-state index in [1.54, 1.807) is 6.92 Å². The summed E-state index contributed by atoms with van der Waals surface area (Å²) in [5, 5.41) is 0. The molecule has 0 fully saturated rings. The van der Waals surface area contributed by atoms with E-state index in [-0.39, 0.29) is 5.56 Å². The van der Waals surface area contributed by atoms with Gasteiger partial charge >= 0.3 is 6.18 Å². The Hall–Kier alpha value is -1.43. The number of unbranched alkanes of at least 4 members (excludes halogenated alkanes) is 1. The lowest BCUT2D eigenvalue weighted by Crippen LogP contribution is -2.28. The summed E-state index contributed by atoms with van der Waals surface area (Å²) in [7, 11) is 0. The molecular formula is C14H20F3NO2. The van der Waals surface area contributed by atoms with Crippen molar-refractivity contribution < 1.29 is 22.6 Å². The molecule has 6 heteroatoms. The number of halogens is 3. The fourth-order valence-electron chi connectivity index (χ4n) is 1.62. The highest BCUT2D eigenvalue weighted by Crippen LogP contribution is 2.35. The first-order valence-electron chi connectivity index (χ1n) is 6.62. The first-order chi connectivity index (χ1) is 9.40. The Morgan fingerprint density at radius 1 is 1.15 bits per heavy atom. The third-order valence-corrected chi connectivity index (χ3v) is 2.73. The summed E-state index contributed by atoms with van der Waals surface area (Å²) in [4.78, 5) is 0. The van der Waals surface area contributed by atoms with Gasteiger partial charge in [0.05, 0.1) is 13.2 Å². The van der Waals surface area contributed by atoms with Gasteiger partial charge in [-0.2, -0.15) is 13.2 Å². The van der Waals surface area contributed by atoms with Crippen molar-refractivity contribution in [2.24, 2.45) is 5.73 Å². The smallest absolute Gasteiger partial charge is 0.407 e. The Bertz CT molecular complexity index is 421. The van der Waals surface area contributed by atoms with Crippen LogP contribution in [0.4, 0.5) is 13.2 Å². The standard InChI is InChI=1S/C14H20F3NO2/c1-3-5-8-20-11-7-6-10(9-12(11)19-4-2)13(18)14(15,16)17/h6-7,9,13H,3-5,8,18H2,1-2H3/t13-/m1/s1. The Balaban J connectivity index is 2.94.